The maximum Gasteiger partial charge on any atom is 0.224 e. The van der Waals surface area contributed by atoms with E-state index >= 15 is 0 Å². The fourth-order valence-electron chi connectivity index (χ4n) is 1.95. The van der Waals surface area contributed by atoms with E-state index in [0.717, 1.165) is 20.9 Å². The number of methoxy groups -OCH3 is 1. The molecule has 0 N–H and O–H groups in total. The summed E-state index contributed by atoms with van der Waals surface area (Å²) in [7, 11) is 1.62. The maximum absolute atomic E-state index is 5.36. The molecule has 0 aliphatic rings. The Bertz CT molecular complexity index is 729. The van der Waals surface area contributed by atoms with Gasteiger partial charge in [-0.1, -0.05) is 46.3 Å². The minimum Gasteiger partial charge on any atom is -0.480 e. The van der Waals surface area contributed by atoms with Crippen LogP contribution in [0.25, 0.3) is 22.3 Å². The SMILES string of the molecule is COc1nc(-c2ccccc2)nc2cc(Br)ccc12. The number of rotatable bonds is 2. The van der Waals surface area contributed by atoms with Crippen LogP contribution < -0.4 is 4.74 Å². The summed E-state index contributed by atoms with van der Waals surface area (Å²) >= 11 is 3.46. The van der Waals surface area contributed by atoms with Gasteiger partial charge in [0.1, 0.15) is 0 Å². The van der Waals surface area contributed by atoms with Gasteiger partial charge in [-0.05, 0) is 18.2 Å². The van der Waals surface area contributed by atoms with Crippen molar-refractivity contribution in [1.29, 1.82) is 0 Å². The second-order valence-electron chi connectivity index (χ2n) is 4.08. The van der Waals surface area contributed by atoms with Gasteiger partial charge < -0.3 is 4.74 Å². The first-order chi connectivity index (χ1) is 9.28. The smallest absolute Gasteiger partial charge is 0.224 e. The number of benzene rings is 2. The van der Waals surface area contributed by atoms with E-state index in [9.17, 15) is 0 Å². The van der Waals surface area contributed by atoms with Gasteiger partial charge in [0.25, 0.3) is 0 Å². The second-order valence-corrected chi connectivity index (χ2v) is 5.00. The van der Waals surface area contributed by atoms with Gasteiger partial charge in [0.15, 0.2) is 5.82 Å². The summed E-state index contributed by atoms with van der Waals surface area (Å²) in [6.45, 7) is 0. The molecule has 0 spiro atoms. The predicted molar refractivity (Wildman–Crippen MR) is 79.2 cm³/mol. The molecule has 19 heavy (non-hydrogen) atoms. The summed E-state index contributed by atoms with van der Waals surface area (Å²) in [6.07, 6.45) is 0. The molecule has 2 aromatic carbocycles. The minimum atomic E-state index is 0.594. The van der Waals surface area contributed by atoms with Crippen molar-refractivity contribution in [1.82, 2.24) is 9.97 Å². The van der Waals surface area contributed by atoms with Crippen LogP contribution in [0.5, 0.6) is 5.88 Å². The molecule has 0 radical (unpaired) electrons. The monoisotopic (exact) mass is 314 g/mol. The number of hydrogen-bond acceptors (Lipinski definition) is 3. The molecule has 0 aliphatic heterocycles. The van der Waals surface area contributed by atoms with Crippen LogP contribution in [0, 0.1) is 0 Å². The second kappa shape index (κ2) is 4.97. The van der Waals surface area contributed by atoms with Crippen LogP contribution in [0.3, 0.4) is 0 Å². The molecule has 3 aromatic rings. The molecule has 3 nitrogen and oxygen atoms in total. The van der Waals surface area contributed by atoms with Crippen LogP contribution in [-0.4, -0.2) is 17.1 Å². The van der Waals surface area contributed by atoms with Crippen LogP contribution in [0.1, 0.15) is 0 Å². The van der Waals surface area contributed by atoms with E-state index in [1.54, 1.807) is 7.11 Å². The summed E-state index contributed by atoms with van der Waals surface area (Å²) in [5.74, 6) is 1.26. The van der Waals surface area contributed by atoms with Gasteiger partial charge in [-0.3, -0.25) is 0 Å². The lowest BCUT2D eigenvalue weighted by molar-refractivity contribution is 0.403. The number of aromatic nitrogens is 2. The molecule has 4 heteroatoms. The average molecular weight is 315 g/mol. The molecule has 0 aliphatic carbocycles. The molecule has 3 rings (SSSR count). The Kier molecular flexibility index (Phi) is 3.17. The largest absolute Gasteiger partial charge is 0.480 e. The fourth-order valence-corrected chi connectivity index (χ4v) is 2.29. The quantitative estimate of drug-likeness (QED) is 0.715. The number of halogens is 1. The van der Waals surface area contributed by atoms with Crippen molar-refractivity contribution in [2.24, 2.45) is 0 Å². The Balaban J connectivity index is 2.27. The van der Waals surface area contributed by atoms with Crippen molar-refractivity contribution in [3.63, 3.8) is 0 Å². The summed E-state index contributed by atoms with van der Waals surface area (Å²) < 4.78 is 6.35. The van der Waals surface area contributed by atoms with Crippen LogP contribution >= 0.6 is 15.9 Å². The normalized spacial score (nSPS) is 10.6. The maximum atomic E-state index is 5.36. The zero-order valence-electron chi connectivity index (χ0n) is 10.3. The first-order valence-corrected chi connectivity index (χ1v) is 6.64. The minimum absolute atomic E-state index is 0.594. The van der Waals surface area contributed by atoms with Gasteiger partial charge in [0.2, 0.25) is 5.88 Å². The van der Waals surface area contributed by atoms with E-state index < -0.39 is 0 Å². The highest BCUT2D eigenvalue weighted by Crippen LogP contribution is 2.28. The Labute approximate surface area is 119 Å². The van der Waals surface area contributed by atoms with Gasteiger partial charge in [-0.25, -0.2) is 4.98 Å². The lowest BCUT2D eigenvalue weighted by Gasteiger charge is -2.07. The zero-order valence-corrected chi connectivity index (χ0v) is 11.9. The molecule has 0 atom stereocenters. The van der Waals surface area contributed by atoms with E-state index in [-0.39, 0.29) is 0 Å². The molecule has 0 unspecified atom stereocenters. The van der Waals surface area contributed by atoms with Crippen LogP contribution in [0.4, 0.5) is 0 Å². The highest BCUT2D eigenvalue weighted by Gasteiger charge is 2.09. The van der Waals surface area contributed by atoms with E-state index in [1.807, 2.05) is 48.5 Å². The molecule has 0 saturated heterocycles. The third-order valence-corrected chi connectivity index (χ3v) is 3.34. The first kappa shape index (κ1) is 12.1. The van der Waals surface area contributed by atoms with Gasteiger partial charge in [-0.15, -0.1) is 0 Å². The Morgan fingerprint density at radius 3 is 2.53 bits per heavy atom. The highest BCUT2D eigenvalue weighted by atomic mass is 79.9. The molecular formula is C15H11BrN2O. The van der Waals surface area contributed by atoms with Crippen molar-refractivity contribution in [3.8, 4) is 17.3 Å². The summed E-state index contributed by atoms with van der Waals surface area (Å²) in [5, 5.41) is 0.908. The standard InChI is InChI=1S/C15H11BrN2O/c1-19-15-12-8-7-11(16)9-13(12)17-14(18-15)10-5-3-2-4-6-10/h2-9H,1H3. The van der Waals surface area contributed by atoms with Crippen LogP contribution in [0.2, 0.25) is 0 Å². The van der Waals surface area contributed by atoms with E-state index in [1.165, 1.54) is 0 Å². The highest BCUT2D eigenvalue weighted by molar-refractivity contribution is 9.10. The first-order valence-electron chi connectivity index (χ1n) is 5.84. The van der Waals surface area contributed by atoms with Crippen LogP contribution in [0.15, 0.2) is 53.0 Å². The summed E-state index contributed by atoms with van der Waals surface area (Å²) in [4.78, 5) is 9.06. The average Bonchev–Trinajstić information content (AvgIpc) is 2.46. The Morgan fingerprint density at radius 2 is 1.79 bits per heavy atom. The van der Waals surface area contributed by atoms with E-state index in [4.69, 9.17) is 4.74 Å². The third-order valence-electron chi connectivity index (χ3n) is 2.85. The number of fused-ring (bicyclic) bond motifs is 1. The van der Waals surface area contributed by atoms with Crippen molar-refractivity contribution in [2.75, 3.05) is 7.11 Å². The van der Waals surface area contributed by atoms with Crippen molar-refractivity contribution in [2.45, 2.75) is 0 Å². The third kappa shape index (κ3) is 2.31. The molecule has 0 amide bonds. The molecular weight excluding hydrogens is 304 g/mol. The van der Waals surface area contributed by atoms with Crippen molar-refractivity contribution < 1.29 is 4.74 Å². The van der Waals surface area contributed by atoms with Gasteiger partial charge in [0, 0.05) is 10.0 Å². The molecule has 0 bridgehead atoms. The predicted octanol–water partition coefficient (Wildman–Crippen LogP) is 4.07. The number of ether oxygens (including phenoxy) is 1. The molecule has 1 aromatic heterocycles. The van der Waals surface area contributed by atoms with Crippen molar-refractivity contribution in [3.05, 3.63) is 53.0 Å². The van der Waals surface area contributed by atoms with Gasteiger partial charge >= 0.3 is 0 Å². The Morgan fingerprint density at radius 1 is 1.00 bits per heavy atom. The molecule has 0 saturated carbocycles. The van der Waals surface area contributed by atoms with Gasteiger partial charge in [-0.2, -0.15) is 4.98 Å². The van der Waals surface area contributed by atoms with Crippen molar-refractivity contribution >= 4 is 26.8 Å². The fraction of sp³-hybridized carbons (Fsp3) is 0.0667. The number of nitrogens with zero attached hydrogens (tertiary/aromatic N) is 2. The lowest BCUT2D eigenvalue weighted by atomic mass is 10.2. The van der Waals surface area contributed by atoms with Gasteiger partial charge in [0.05, 0.1) is 18.0 Å². The topological polar surface area (TPSA) is 35.0 Å². The summed E-state index contributed by atoms with van der Waals surface area (Å²) in [5.41, 5.74) is 1.84. The van der Waals surface area contributed by atoms with E-state index in [0.29, 0.717) is 11.7 Å². The Hall–Kier alpha value is -1.94. The molecule has 1 heterocycles. The van der Waals surface area contributed by atoms with E-state index in [2.05, 4.69) is 25.9 Å². The summed E-state index contributed by atoms with van der Waals surface area (Å²) in [6, 6.07) is 15.7. The lowest BCUT2D eigenvalue weighted by Crippen LogP contribution is -1.95. The molecule has 94 valence electrons. The molecule has 0 fully saturated rings. The number of hydrogen-bond donors (Lipinski definition) is 0. The zero-order chi connectivity index (χ0) is 13.2. The van der Waals surface area contributed by atoms with Crippen LogP contribution in [-0.2, 0) is 0 Å².